The third kappa shape index (κ3) is 3.21. The van der Waals surface area contributed by atoms with Crippen molar-refractivity contribution in [1.29, 1.82) is 0 Å². The maximum atomic E-state index is 9.88. The fourth-order valence-corrected chi connectivity index (χ4v) is 5.22. The summed E-state index contributed by atoms with van der Waals surface area (Å²) >= 11 is 0. The second-order valence-corrected chi connectivity index (χ2v) is 9.35. The van der Waals surface area contributed by atoms with Gasteiger partial charge in [-0.15, -0.1) is 0 Å². The topological polar surface area (TPSA) is 94.3 Å². The Balaban J connectivity index is 1.44. The summed E-state index contributed by atoms with van der Waals surface area (Å²) in [6, 6.07) is 26.8. The lowest BCUT2D eigenvalue weighted by Crippen LogP contribution is -2.27. The lowest BCUT2D eigenvalue weighted by atomic mass is 9.82. The molecule has 3 aromatic carbocycles. The van der Waals surface area contributed by atoms with E-state index in [0.29, 0.717) is 18.7 Å². The van der Waals surface area contributed by atoms with Gasteiger partial charge in [0.05, 0.1) is 17.1 Å². The molecule has 3 heterocycles. The Bertz CT molecular complexity index is 1720. The molecule has 0 radical (unpaired) electrons. The Labute approximate surface area is 207 Å². The number of imidazole rings is 2. The fourth-order valence-electron chi connectivity index (χ4n) is 5.22. The molecule has 3 N–H and O–H groups in total. The number of hydrogen-bond donors (Lipinski definition) is 2. The van der Waals surface area contributed by atoms with Gasteiger partial charge in [0, 0.05) is 35.1 Å². The number of rotatable bonds is 4. The van der Waals surface area contributed by atoms with Gasteiger partial charge in [0.2, 0.25) is 0 Å². The molecule has 0 bridgehead atoms. The molecule has 0 amide bonds. The predicted molar refractivity (Wildman–Crippen MR) is 141 cm³/mol. The Morgan fingerprint density at radius 2 is 1.61 bits per heavy atom. The number of aliphatic hydroxyl groups excluding tert-OH is 1. The fraction of sp³-hybridized carbons (Fsp3) is 0.138. The van der Waals surface area contributed by atoms with Crippen LogP contribution in [0.2, 0.25) is 0 Å². The Hall–Kier alpha value is -4.49. The van der Waals surface area contributed by atoms with Crippen molar-refractivity contribution in [2.75, 3.05) is 5.73 Å². The lowest BCUT2D eigenvalue weighted by molar-refractivity contribution is 0.0715. The minimum Gasteiger partial charge on any atom is -0.393 e. The summed E-state index contributed by atoms with van der Waals surface area (Å²) in [6.45, 7) is 0. The maximum absolute atomic E-state index is 9.88. The number of nitrogens with two attached hydrogens (primary N) is 1. The molecule has 0 unspecified atom stereocenters. The van der Waals surface area contributed by atoms with E-state index in [0.717, 1.165) is 50.7 Å². The van der Waals surface area contributed by atoms with E-state index in [4.69, 9.17) is 15.7 Å². The van der Waals surface area contributed by atoms with Gasteiger partial charge < -0.3 is 10.8 Å². The third-order valence-corrected chi connectivity index (χ3v) is 7.06. The normalized spacial score (nSPS) is 17.5. The van der Waals surface area contributed by atoms with Crippen molar-refractivity contribution in [2.45, 2.75) is 24.9 Å². The maximum Gasteiger partial charge on any atom is 0.150 e. The number of nitrogens with zero attached hydrogens (tertiary/aromatic N) is 5. The van der Waals surface area contributed by atoms with Crippen molar-refractivity contribution in [2.24, 2.45) is 0 Å². The largest absolute Gasteiger partial charge is 0.393 e. The van der Waals surface area contributed by atoms with E-state index in [1.54, 1.807) is 6.20 Å². The van der Waals surface area contributed by atoms with Gasteiger partial charge in [-0.1, -0.05) is 54.6 Å². The Morgan fingerprint density at radius 3 is 2.36 bits per heavy atom. The van der Waals surface area contributed by atoms with E-state index in [1.165, 1.54) is 0 Å². The average molecular weight is 473 g/mol. The first-order valence-electron chi connectivity index (χ1n) is 12.1. The molecular formula is C29H24N6O. The van der Waals surface area contributed by atoms with Crippen LogP contribution in [0.1, 0.15) is 24.6 Å². The van der Waals surface area contributed by atoms with Crippen molar-refractivity contribution in [3.8, 4) is 28.3 Å². The van der Waals surface area contributed by atoms with Crippen LogP contribution in [0.15, 0.2) is 91.3 Å². The zero-order chi connectivity index (χ0) is 24.2. The smallest absolute Gasteiger partial charge is 0.150 e. The molecule has 0 saturated heterocycles. The summed E-state index contributed by atoms with van der Waals surface area (Å²) < 4.78 is 4.22. The van der Waals surface area contributed by atoms with Crippen molar-refractivity contribution < 1.29 is 5.11 Å². The zero-order valence-corrected chi connectivity index (χ0v) is 19.5. The molecule has 1 saturated carbocycles. The highest BCUT2D eigenvalue weighted by atomic mass is 16.3. The summed E-state index contributed by atoms with van der Waals surface area (Å²) in [4.78, 5) is 14.4. The van der Waals surface area contributed by atoms with Crippen LogP contribution in [-0.2, 0) is 0 Å². The first-order valence-corrected chi connectivity index (χ1v) is 12.1. The van der Waals surface area contributed by atoms with Gasteiger partial charge in [-0.3, -0.25) is 8.97 Å². The molecule has 7 nitrogen and oxygen atoms in total. The van der Waals surface area contributed by atoms with Gasteiger partial charge >= 0.3 is 0 Å². The van der Waals surface area contributed by atoms with Crippen LogP contribution in [-0.4, -0.2) is 35.1 Å². The highest BCUT2D eigenvalue weighted by Gasteiger charge is 2.33. The lowest BCUT2D eigenvalue weighted by Gasteiger charge is -2.30. The van der Waals surface area contributed by atoms with E-state index >= 15 is 0 Å². The molecule has 0 aliphatic heterocycles. The molecule has 6 aromatic rings. The standard InChI is InChI=1S/C29H24N6O/c30-27-26-25(33-28(20-15-22(36)16-20)34(26)14-13-31-27)19-11-12-24-23(17-19)32-29(18-7-3-1-4-8-18)35(24)21-9-5-2-6-10-21/h1-14,17,20,22,36H,15-16H2,(H2,30,31). The zero-order valence-electron chi connectivity index (χ0n) is 19.5. The summed E-state index contributed by atoms with van der Waals surface area (Å²) in [5.74, 6) is 2.44. The minimum atomic E-state index is -0.264. The SMILES string of the molecule is Nc1nccn2c(C3CC(O)C3)nc(-c3ccc4c(c3)nc(-c3ccccc3)n4-c3ccccc3)c12. The Morgan fingerprint density at radius 1 is 0.861 bits per heavy atom. The van der Waals surface area contributed by atoms with Crippen molar-refractivity contribution in [3.63, 3.8) is 0 Å². The van der Waals surface area contributed by atoms with E-state index in [9.17, 15) is 5.11 Å². The second-order valence-electron chi connectivity index (χ2n) is 9.35. The molecule has 3 aromatic heterocycles. The number of hydrogen-bond acceptors (Lipinski definition) is 5. The monoisotopic (exact) mass is 472 g/mol. The molecule has 1 aliphatic carbocycles. The highest BCUT2D eigenvalue weighted by Crippen LogP contribution is 2.40. The Kier molecular flexibility index (Phi) is 4.65. The molecule has 176 valence electrons. The van der Waals surface area contributed by atoms with E-state index in [1.807, 2.05) is 47.0 Å². The number of nitrogen functional groups attached to an aromatic ring is 1. The van der Waals surface area contributed by atoms with Crippen LogP contribution >= 0.6 is 0 Å². The van der Waals surface area contributed by atoms with Crippen molar-refractivity contribution >= 4 is 22.4 Å². The van der Waals surface area contributed by atoms with Gasteiger partial charge in [0.1, 0.15) is 28.7 Å². The molecule has 0 atom stereocenters. The summed E-state index contributed by atoms with van der Waals surface area (Å²) in [5, 5.41) is 9.88. The van der Waals surface area contributed by atoms with Crippen LogP contribution in [0.5, 0.6) is 0 Å². The number of anilines is 1. The average Bonchev–Trinajstić information content (AvgIpc) is 3.47. The number of aromatic nitrogens is 5. The first kappa shape index (κ1) is 20.8. The van der Waals surface area contributed by atoms with Crippen LogP contribution in [0.3, 0.4) is 0 Å². The van der Waals surface area contributed by atoms with Gasteiger partial charge in [0.25, 0.3) is 0 Å². The molecular weight excluding hydrogens is 448 g/mol. The van der Waals surface area contributed by atoms with Crippen LogP contribution < -0.4 is 5.73 Å². The third-order valence-electron chi connectivity index (χ3n) is 7.06. The molecule has 7 heteroatoms. The summed E-state index contributed by atoms with van der Waals surface area (Å²) in [6.07, 6.45) is 4.75. The first-order chi connectivity index (χ1) is 17.7. The quantitative estimate of drug-likeness (QED) is 0.367. The van der Waals surface area contributed by atoms with Gasteiger partial charge in [-0.05, 0) is 37.1 Å². The number of benzene rings is 3. The van der Waals surface area contributed by atoms with Gasteiger partial charge in [-0.25, -0.2) is 15.0 Å². The number of para-hydroxylation sites is 1. The van der Waals surface area contributed by atoms with Gasteiger partial charge in [-0.2, -0.15) is 0 Å². The van der Waals surface area contributed by atoms with E-state index < -0.39 is 0 Å². The van der Waals surface area contributed by atoms with Crippen LogP contribution in [0.25, 0.3) is 44.9 Å². The number of aliphatic hydroxyl groups is 1. The predicted octanol–water partition coefficient (Wildman–Crippen LogP) is 5.22. The van der Waals surface area contributed by atoms with Gasteiger partial charge in [0.15, 0.2) is 0 Å². The van der Waals surface area contributed by atoms with E-state index in [-0.39, 0.29) is 12.0 Å². The molecule has 7 rings (SSSR count). The molecule has 1 fully saturated rings. The minimum absolute atomic E-state index is 0.203. The second kappa shape index (κ2) is 8.03. The van der Waals surface area contributed by atoms with E-state index in [2.05, 4.69) is 52.0 Å². The van der Waals surface area contributed by atoms with Crippen LogP contribution in [0, 0.1) is 0 Å². The van der Waals surface area contributed by atoms with Crippen molar-refractivity contribution in [3.05, 3.63) is 97.1 Å². The molecule has 1 aliphatic rings. The van der Waals surface area contributed by atoms with Crippen molar-refractivity contribution in [1.82, 2.24) is 23.9 Å². The summed E-state index contributed by atoms with van der Waals surface area (Å²) in [5.41, 5.74) is 12.8. The summed E-state index contributed by atoms with van der Waals surface area (Å²) in [7, 11) is 0. The molecule has 36 heavy (non-hydrogen) atoms. The number of fused-ring (bicyclic) bond motifs is 2. The van der Waals surface area contributed by atoms with Crippen LogP contribution in [0.4, 0.5) is 5.82 Å². The molecule has 0 spiro atoms. The highest BCUT2D eigenvalue weighted by molar-refractivity contribution is 5.91.